The maximum Gasteiger partial charge on any atom is 0.0455 e. The van der Waals surface area contributed by atoms with E-state index < -0.39 is 0 Å². The van der Waals surface area contributed by atoms with Gasteiger partial charge < -0.3 is 4.90 Å². The van der Waals surface area contributed by atoms with Crippen LogP contribution in [0.25, 0.3) is 22.3 Å². The van der Waals surface area contributed by atoms with Gasteiger partial charge in [0, 0.05) is 30.3 Å². The summed E-state index contributed by atoms with van der Waals surface area (Å²) < 4.78 is 0. The van der Waals surface area contributed by atoms with Crippen molar-refractivity contribution in [3.63, 3.8) is 0 Å². The molecule has 1 saturated carbocycles. The Morgan fingerprint density at radius 1 is 0.500 bits per heavy atom. The van der Waals surface area contributed by atoms with E-state index in [0.29, 0.717) is 6.04 Å². The van der Waals surface area contributed by atoms with E-state index in [4.69, 9.17) is 0 Å². The van der Waals surface area contributed by atoms with Gasteiger partial charge in [-0.25, -0.2) is 0 Å². The van der Waals surface area contributed by atoms with Crippen LogP contribution in [0.4, 0.5) is 11.4 Å². The van der Waals surface area contributed by atoms with Crippen LogP contribution >= 0.6 is 0 Å². The zero-order valence-corrected chi connectivity index (χ0v) is 16.9. The highest BCUT2D eigenvalue weighted by molar-refractivity contribution is 5.88. The van der Waals surface area contributed by atoms with E-state index in [1.807, 2.05) is 0 Å². The van der Waals surface area contributed by atoms with Crippen LogP contribution in [0.2, 0.25) is 0 Å². The summed E-state index contributed by atoms with van der Waals surface area (Å²) in [7, 11) is 0. The Bertz CT molecular complexity index is 1210. The van der Waals surface area contributed by atoms with E-state index in [2.05, 4.69) is 89.8 Å². The largest absolute Gasteiger partial charge is 0.338 e. The molecule has 3 aliphatic carbocycles. The van der Waals surface area contributed by atoms with Gasteiger partial charge in [0.15, 0.2) is 0 Å². The normalized spacial score (nSPS) is 15.3. The minimum Gasteiger partial charge on any atom is -0.338 e. The second-order valence-corrected chi connectivity index (χ2v) is 8.88. The van der Waals surface area contributed by atoms with Gasteiger partial charge >= 0.3 is 0 Å². The third-order valence-corrected chi connectivity index (χ3v) is 7.08. The summed E-state index contributed by atoms with van der Waals surface area (Å²) in [6.45, 7) is 0. The van der Waals surface area contributed by atoms with E-state index in [0.717, 1.165) is 12.8 Å². The lowest BCUT2D eigenvalue weighted by atomic mass is 10.0. The van der Waals surface area contributed by atoms with E-state index in [-0.39, 0.29) is 0 Å². The highest BCUT2D eigenvalue weighted by atomic mass is 15.2. The van der Waals surface area contributed by atoms with Crippen LogP contribution < -0.4 is 4.90 Å². The van der Waals surface area contributed by atoms with Crippen molar-refractivity contribution < 1.29 is 0 Å². The Morgan fingerprint density at radius 3 is 1.47 bits per heavy atom. The van der Waals surface area contributed by atoms with Crippen molar-refractivity contribution in [2.75, 3.05) is 4.90 Å². The number of fused-ring (bicyclic) bond motifs is 6. The smallest absolute Gasteiger partial charge is 0.0455 e. The second-order valence-electron chi connectivity index (χ2n) is 8.88. The summed E-state index contributed by atoms with van der Waals surface area (Å²) >= 11 is 0. The zero-order valence-electron chi connectivity index (χ0n) is 16.9. The van der Waals surface area contributed by atoms with Gasteiger partial charge in [-0.3, -0.25) is 0 Å². The number of nitrogens with zero attached hydrogens (tertiary/aromatic N) is 1. The van der Waals surface area contributed by atoms with Crippen LogP contribution in [0.15, 0.2) is 84.9 Å². The van der Waals surface area contributed by atoms with Crippen molar-refractivity contribution >= 4 is 11.4 Å². The average molecular weight is 386 g/mol. The Labute approximate surface area is 177 Å². The van der Waals surface area contributed by atoms with Crippen molar-refractivity contribution in [1.29, 1.82) is 0 Å². The first-order chi connectivity index (χ1) is 14.9. The lowest BCUT2D eigenvalue weighted by Crippen LogP contribution is -2.22. The van der Waals surface area contributed by atoms with E-state index in [1.165, 1.54) is 68.7 Å². The molecule has 0 unspecified atom stereocenters. The maximum absolute atomic E-state index is 2.68. The van der Waals surface area contributed by atoms with E-state index in [1.54, 1.807) is 0 Å². The van der Waals surface area contributed by atoms with Crippen LogP contribution in [0.3, 0.4) is 0 Å². The van der Waals surface area contributed by atoms with Gasteiger partial charge in [0.1, 0.15) is 0 Å². The van der Waals surface area contributed by atoms with Crippen molar-refractivity contribution in [2.45, 2.75) is 31.7 Å². The Kier molecular flexibility index (Phi) is 3.34. The van der Waals surface area contributed by atoms with Gasteiger partial charge in [-0.05, 0) is 69.5 Å². The molecule has 0 N–H and O–H groups in total. The minimum atomic E-state index is 0.621. The predicted molar refractivity (Wildman–Crippen MR) is 125 cm³/mol. The van der Waals surface area contributed by atoms with Crippen LogP contribution in [-0.2, 0) is 12.8 Å². The van der Waals surface area contributed by atoms with E-state index in [9.17, 15) is 0 Å². The number of anilines is 2. The van der Waals surface area contributed by atoms with Crippen molar-refractivity contribution in [1.82, 2.24) is 0 Å². The quantitative estimate of drug-likeness (QED) is 0.313. The number of hydrogen-bond acceptors (Lipinski definition) is 1. The second kappa shape index (κ2) is 6.09. The Hall–Kier alpha value is -3.32. The Morgan fingerprint density at radius 2 is 0.967 bits per heavy atom. The van der Waals surface area contributed by atoms with Crippen molar-refractivity contribution in [3.8, 4) is 22.3 Å². The molecule has 3 aliphatic rings. The number of benzene rings is 4. The third kappa shape index (κ3) is 2.29. The number of hydrogen-bond donors (Lipinski definition) is 0. The average Bonchev–Trinajstić information content (AvgIpc) is 3.43. The van der Waals surface area contributed by atoms with E-state index >= 15 is 0 Å². The first kappa shape index (κ1) is 16.5. The maximum atomic E-state index is 2.68. The molecule has 4 aromatic rings. The zero-order chi connectivity index (χ0) is 19.7. The van der Waals surface area contributed by atoms with Crippen LogP contribution in [0, 0.1) is 0 Å². The molecule has 0 heterocycles. The first-order valence-electron chi connectivity index (χ1n) is 11.1. The predicted octanol–water partition coefficient (Wildman–Crippen LogP) is 7.13. The summed E-state index contributed by atoms with van der Waals surface area (Å²) in [5.74, 6) is 0. The summed E-state index contributed by atoms with van der Waals surface area (Å²) in [6.07, 6.45) is 4.65. The molecule has 0 radical (unpaired) electrons. The third-order valence-electron chi connectivity index (χ3n) is 7.08. The molecule has 0 bridgehead atoms. The fraction of sp³-hybridized carbons (Fsp3) is 0.172. The fourth-order valence-corrected chi connectivity index (χ4v) is 5.59. The highest BCUT2D eigenvalue weighted by Gasteiger charge is 2.35. The topological polar surface area (TPSA) is 3.24 Å². The molecule has 4 aromatic carbocycles. The van der Waals surface area contributed by atoms with Gasteiger partial charge in [-0.2, -0.15) is 0 Å². The molecule has 144 valence electrons. The molecule has 0 atom stereocenters. The standard InChI is InChI=1S/C29H23N/c1-3-9-22-19(7-1)17-26-24(22)11-5-13-28(26)30(21-15-16-21)29-14-6-12-25-23-10-4-2-8-20(23)18-27(25)29/h1-14,21H,15-18H2. The molecule has 7 rings (SSSR count). The number of rotatable bonds is 3. The highest BCUT2D eigenvalue weighted by Crippen LogP contribution is 2.50. The fourth-order valence-electron chi connectivity index (χ4n) is 5.59. The van der Waals surface area contributed by atoms with Gasteiger partial charge in [-0.1, -0.05) is 72.8 Å². The first-order valence-corrected chi connectivity index (χ1v) is 11.1. The molecular formula is C29H23N. The van der Waals surface area contributed by atoms with Crippen LogP contribution in [-0.4, -0.2) is 6.04 Å². The molecule has 0 aliphatic heterocycles. The molecule has 1 heteroatoms. The molecule has 0 saturated heterocycles. The molecule has 0 spiro atoms. The molecular weight excluding hydrogens is 362 g/mol. The SMILES string of the molecule is c1ccc2c(c1)Cc1c-2cccc1N(c1cccc2c1Cc1ccccc1-2)C1CC1. The lowest BCUT2D eigenvalue weighted by molar-refractivity contribution is 0.950. The lowest BCUT2D eigenvalue weighted by Gasteiger charge is -2.29. The summed E-state index contributed by atoms with van der Waals surface area (Å²) in [5, 5.41) is 0. The monoisotopic (exact) mass is 385 g/mol. The van der Waals surface area contributed by atoms with Gasteiger partial charge in [-0.15, -0.1) is 0 Å². The molecule has 0 amide bonds. The minimum absolute atomic E-state index is 0.621. The van der Waals surface area contributed by atoms with Gasteiger partial charge in [0.05, 0.1) is 0 Å². The van der Waals surface area contributed by atoms with Crippen LogP contribution in [0.5, 0.6) is 0 Å². The molecule has 0 aromatic heterocycles. The summed E-state index contributed by atoms with van der Waals surface area (Å²) in [6, 6.07) is 32.3. The summed E-state index contributed by atoms with van der Waals surface area (Å²) in [4.78, 5) is 2.68. The summed E-state index contributed by atoms with van der Waals surface area (Å²) in [5.41, 5.74) is 14.4. The Balaban J connectivity index is 1.41. The molecule has 1 nitrogen and oxygen atoms in total. The van der Waals surface area contributed by atoms with Gasteiger partial charge in [0.25, 0.3) is 0 Å². The van der Waals surface area contributed by atoms with Crippen molar-refractivity contribution in [3.05, 3.63) is 107 Å². The molecule has 30 heavy (non-hydrogen) atoms. The van der Waals surface area contributed by atoms with Gasteiger partial charge in [0.2, 0.25) is 0 Å². The molecule has 1 fully saturated rings. The van der Waals surface area contributed by atoms with Crippen molar-refractivity contribution in [2.24, 2.45) is 0 Å². The van der Waals surface area contributed by atoms with Crippen LogP contribution in [0.1, 0.15) is 35.1 Å².